The summed E-state index contributed by atoms with van der Waals surface area (Å²) in [6.07, 6.45) is 0. The molecule has 1 aromatic carbocycles. The van der Waals surface area contributed by atoms with Crippen molar-refractivity contribution in [2.24, 2.45) is 0 Å². The quantitative estimate of drug-likeness (QED) is 0.909. The van der Waals surface area contributed by atoms with Gasteiger partial charge in [-0.05, 0) is 57.9 Å². The van der Waals surface area contributed by atoms with E-state index >= 15 is 0 Å². The highest BCUT2D eigenvalue weighted by atomic mass is 16.1. The van der Waals surface area contributed by atoms with Crippen LogP contribution in [0.2, 0.25) is 0 Å². The van der Waals surface area contributed by atoms with Crippen molar-refractivity contribution in [1.82, 2.24) is 15.3 Å². The molecule has 0 saturated carbocycles. The standard InChI is InChI=1S/C17H22N4O/c1-10(2)18-17(22)15-9-16(20-13(5)19-15)21-14-7-6-11(3)12(4)8-14/h6-10H,1-5H3,(H,18,22)(H,19,20,21). The summed E-state index contributed by atoms with van der Waals surface area (Å²) in [4.78, 5) is 20.6. The largest absolute Gasteiger partial charge is 0.349 e. The molecule has 0 aliphatic heterocycles. The molecule has 0 spiro atoms. The van der Waals surface area contributed by atoms with Crippen molar-refractivity contribution in [3.05, 3.63) is 46.9 Å². The number of carbonyl (C=O) groups is 1. The molecule has 2 N–H and O–H groups in total. The van der Waals surface area contributed by atoms with Crippen LogP contribution in [0, 0.1) is 20.8 Å². The van der Waals surface area contributed by atoms with E-state index in [1.807, 2.05) is 19.9 Å². The van der Waals surface area contributed by atoms with Crippen LogP contribution in [0.25, 0.3) is 0 Å². The monoisotopic (exact) mass is 298 g/mol. The Bertz CT molecular complexity index is 695. The van der Waals surface area contributed by atoms with Gasteiger partial charge >= 0.3 is 0 Å². The normalized spacial score (nSPS) is 10.6. The van der Waals surface area contributed by atoms with Crippen LogP contribution in [0.4, 0.5) is 11.5 Å². The third kappa shape index (κ3) is 4.04. The minimum absolute atomic E-state index is 0.0685. The second kappa shape index (κ2) is 6.56. The molecule has 0 aliphatic rings. The van der Waals surface area contributed by atoms with E-state index in [4.69, 9.17) is 0 Å². The zero-order valence-electron chi connectivity index (χ0n) is 13.7. The maximum atomic E-state index is 12.1. The fourth-order valence-electron chi connectivity index (χ4n) is 2.05. The Hall–Kier alpha value is -2.43. The molecule has 0 atom stereocenters. The van der Waals surface area contributed by atoms with E-state index in [0.29, 0.717) is 17.3 Å². The first kappa shape index (κ1) is 15.9. The zero-order chi connectivity index (χ0) is 16.3. The van der Waals surface area contributed by atoms with Gasteiger partial charge in [-0.3, -0.25) is 4.79 Å². The molecule has 0 radical (unpaired) electrons. The van der Waals surface area contributed by atoms with Gasteiger partial charge in [-0.15, -0.1) is 0 Å². The molecule has 116 valence electrons. The smallest absolute Gasteiger partial charge is 0.270 e. The average Bonchev–Trinajstić information content (AvgIpc) is 2.41. The van der Waals surface area contributed by atoms with Crippen molar-refractivity contribution >= 4 is 17.4 Å². The molecule has 0 bridgehead atoms. The van der Waals surface area contributed by atoms with Gasteiger partial charge in [0, 0.05) is 17.8 Å². The van der Waals surface area contributed by atoms with Crippen molar-refractivity contribution in [2.45, 2.75) is 40.7 Å². The van der Waals surface area contributed by atoms with Gasteiger partial charge < -0.3 is 10.6 Å². The van der Waals surface area contributed by atoms with E-state index in [2.05, 4.69) is 46.6 Å². The fraction of sp³-hybridized carbons (Fsp3) is 0.353. The highest BCUT2D eigenvalue weighted by Crippen LogP contribution is 2.19. The average molecular weight is 298 g/mol. The van der Waals surface area contributed by atoms with Crippen LogP contribution in [0.1, 0.15) is 41.3 Å². The number of aromatic nitrogens is 2. The van der Waals surface area contributed by atoms with Gasteiger partial charge in [0.05, 0.1) is 0 Å². The molecule has 0 unspecified atom stereocenters. The minimum Gasteiger partial charge on any atom is -0.349 e. The summed E-state index contributed by atoms with van der Waals surface area (Å²) in [7, 11) is 0. The fourth-order valence-corrected chi connectivity index (χ4v) is 2.05. The predicted molar refractivity (Wildman–Crippen MR) is 88.6 cm³/mol. The van der Waals surface area contributed by atoms with E-state index in [0.717, 1.165) is 5.69 Å². The van der Waals surface area contributed by atoms with Gasteiger partial charge in [-0.25, -0.2) is 9.97 Å². The second-order valence-corrected chi connectivity index (χ2v) is 5.74. The van der Waals surface area contributed by atoms with E-state index < -0.39 is 0 Å². The lowest BCUT2D eigenvalue weighted by Crippen LogP contribution is -2.31. The van der Waals surface area contributed by atoms with Gasteiger partial charge in [0.2, 0.25) is 0 Å². The predicted octanol–water partition coefficient (Wildman–Crippen LogP) is 3.28. The molecule has 0 saturated heterocycles. The second-order valence-electron chi connectivity index (χ2n) is 5.74. The van der Waals surface area contributed by atoms with Crippen molar-refractivity contribution in [2.75, 3.05) is 5.32 Å². The van der Waals surface area contributed by atoms with Gasteiger partial charge in [0.1, 0.15) is 17.3 Å². The summed E-state index contributed by atoms with van der Waals surface area (Å²) >= 11 is 0. The first-order chi connectivity index (χ1) is 10.3. The Morgan fingerprint density at radius 2 is 1.77 bits per heavy atom. The van der Waals surface area contributed by atoms with Crippen LogP contribution in [0.3, 0.4) is 0 Å². The van der Waals surface area contributed by atoms with Crippen molar-refractivity contribution in [1.29, 1.82) is 0 Å². The summed E-state index contributed by atoms with van der Waals surface area (Å²) < 4.78 is 0. The molecule has 2 rings (SSSR count). The van der Waals surface area contributed by atoms with E-state index in [1.165, 1.54) is 11.1 Å². The van der Waals surface area contributed by atoms with Gasteiger partial charge in [-0.2, -0.15) is 0 Å². The highest BCUT2D eigenvalue weighted by Gasteiger charge is 2.11. The van der Waals surface area contributed by atoms with Gasteiger partial charge in [-0.1, -0.05) is 6.07 Å². The Morgan fingerprint density at radius 1 is 1.05 bits per heavy atom. The van der Waals surface area contributed by atoms with E-state index in [1.54, 1.807) is 13.0 Å². The molecule has 0 aliphatic carbocycles. The van der Waals surface area contributed by atoms with Crippen LogP contribution < -0.4 is 10.6 Å². The van der Waals surface area contributed by atoms with Crippen LogP contribution in [0.15, 0.2) is 24.3 Å². The van der Waals surface area contributed by atoms with Crippen molar-refractivity contribution in [3.63, 3.8) is 0 Å². The lowest BCUT2D eigenvalue weighted by atomic mass is 10.1. The van der Waals surface area contributed by atoms with Crippen molar-refractivity contribution < 1.29 is 4.79 Å². The Balaban J connectivity index is 2.26. The topological polar surface area (TPSA) is 66.9 Å². The number of rotatable bonds is 4. The van der Waals surface area contributed by atoms with Gasteiger partial charge in [0.15, 0.2) is 0 Å². The third-order valence-electron chi connectivity index (χ3n) is 3.27. The molecule has 5 nitrogen and oxygen atoms in total. The molecule has 5 heteroatoms. The lowest BCUT2D eigenvalue weighted by molar-refractivity contribution is 0.0937. The molecule has 22 heavy (non-hydrogen) atoms. The Kier molecular flexibility index (Phi) is 4.75. The number of nitrogens with zero attached hydrogens (tertiary/aromatic N) is 2. The molecule has 1 aromatic heterocycles. The van der Waals surface area contributed by atoms with Crippen molar-refractivity contribution in [3.8, 4) is 0 Å². The number of hydrogen-bond donors (Lipinski definition) is 2. The first-order valence-electron chi connectivity index (χ1n) is 7.36. The van der Waals surface area contributed by atoms with Crippen LogP contribution in [0.5, 0.6) is 0 Å². The number of benzene rings is 1. The molecular weight excluding hydrogens is 276 g/mol. The Labute approximate surface area is 131 Å². The molecule has 1 heterocycles. The van der Waals surface area contributed by atoms with E-state index in [-0.39, 0.29) is 11.9 Å². The number of nitrogens with one attached hydrogen (secondary N) is 2. The minimum atomic E-state index is -0.191. The first-order valence-corrected chi connectivity index (χ1v) is 7.36. The summed E-state index contributed by atoms with van der Waals surface area (Å²) in [5.41, 5.74) is 3.75. The zero-order valence-corrected chi connectivity index (χ0v) is 13.7. The highest BCUT2D eigenvalue weighted by molar-refractivity contribution is 5.93. The molecular formula is C17H22N4O. The SMILES string of the molecule is Cc1nc(Nc2ccc(C)c(C)c2)cc(C(=O)NC(C)C)n1. The maximum absolute atomic E-state index is 12.1. The number of aryl methyl sites for hydroxylation is 3. The summed E-state index contributed by atoms with van der Waals surface area (Å²) in [6, 6.07) is 7.84. The number of anilines is 2. The molecule has 0 fully saturated rings. The summed E-state index contributed by atoms with van der Waals surface area (Å²) in [5, 5.41) is 6.07. The van der Waals surface area contributed by atoms with Crippen LogP contribution in [-0.4, -0.2) is 21.9 Å². The Morgan fingerprint density at radius 3 is 2.41 bits per heavy atom. The molecule has 2 aromatic rings. The number of carbonyl (C=O) groups excluding carboxylic acids is 1. The molecule has 1 amide bonds. The summed E-state index contributed by atoms with van der Waals surface area (Å²) in [6.45, 7) is 9.74. The third-order valence-corrected chi connectivity index (χ3v) is 3.27. The maximum Gasteiger partial charge on any atom is 0.270 e. The number of hydrogen-bond acceptors (Lipinski definition) is 4. The van der Waals surface area contributed by atoms with Crippen LogP contribution >= 0.6 is 0 Å². The number of amides is 1. The lowest BCUT2D eigenvalue weighted by Gasteiger charge is -2.11. The van der Waals surface area contributed by atoms with E-state index in [9.17, 15) is 4.79 Å². The van der Waals surface area contributed by atoms with Gasteiger partial charge in [0.25, 0.3) is 5.91 Å². The van der Waals surface area contributed by atoms with Crippen LogP contribution in [-0.2, 0) is 0 Å². The summed E-state index contributed by atoms with van der Waals surface area (Å²) in [5.74, 6) is 0.982.